The lowest BCUT2D eigenvalue weighted by atomic mass is 9.97. The average molecular weight is 313 g/mol. The fraction of sp³-hybridized carbons (Fsp3) is 0.353. The highest BCUT2D eigenvalue weighted by atomic mass is 16.5. The van der Waals surface area contributed by atoms with Crippen LogP contribution in [0.4, 0.5) is 0 Å². The number of nitrogens with two attached hydrogens (primary N) is 1. The number of fused-ring (bicyclic) bond motifs is 1. The summed E-state index contributed by atoms with van der Waals surface area (Å²) < 4.78 is 5.24. The summed E-state index contributed by atoms with van der Waals surface area (Å²) in [6.07, 6.45) is 0.382. The van der Waals surface area contributed by atoms with Gasteiger partial charge in [0.2, 0.25) is 5.91 Å². The van der Waals surface area contributed by atoms with E-state index in [2.05, 4.69) is 10.3 Å². The molecule has 23 heavy (non-hydrogen) atoms. The van der Waals surface area contributed by atoms with Gasteiger partial charge in [-0.2, -0.15) is 0 Å². The lowest BCUT2D eigenvalue weighted by molar-refractivity contribution is -0.124. The van der Waals surface area contributed by atoms with Crippen LogP contribution < -0.4 is 11.1 Å². The molecule has 2 aromatic rings. The summed E-state index contributed by atoms with van der Waals surface area (Å²) in [5, 5.41) is 3.62. The standard InChI is InChI=1S/C17H19N3O3/c1-10-3-4-12-8-13(11(2)19-14(12)7-10)15(21)20-17(16(18)22)5-6-23-9-17/h3-4,7-8H,5-6,9H2,1-2H3,(H2,18,22)(H,20,21). The van der Waals surface area contributed by atoms with E-state index in [1.807, 2.05) is 25.1 Å². The van der Waals surface area contributed by atoms with Crippen LogP contribution in [0.2, 0.25) is 0 Å². The fourth-order valence-electron chi connectivity index (χ4n) is 2.81. The predicted molar refractivity (Wildman–Crippen MR) is 86.0 cm³/mol. The second kappa shape index (κ2) is 5.62. The van der Waals surface area contributed by atoms with Crippen LogP contribution in [0.1, 0.15) is 28.0 Å². The maximum atomic E-state index is 12.6. The van der Waals surface area contributed by atoms with Crippen molar-refractivity contribution in [2.75, 3.05) is 13.2 Å². The molecule has 3 rings (SSSR count). The Kier molecular flexibility index (Phi) is 3.77. The first-order chi connectivity index (χ1) is 10.9. The Hall–Kier alpha value is -2.47. The van der Waals surface area contributed by atoms with Crippen LogP contribution >= 0.6 is 0 Å². The van der Waals surface area contributed by atoms with Crippen LogP contribution in [-0.4, -0.2) is 35.6 Å². The molecule has 3 N–H and O–H groups in total. The second-order valence-electron chi connectivity index (χ2n) is 6.02. The molecule has 1 saturated heterocycles. The smallest absolute Gasteiger partial charge is 0.254 e. The van der Waals surface area contributed by atoms with Gasteiger partial charge in [-0.3, -0.25) is 14.6 Å². The topological polar surface area (TPSA) is 94.3 Å². The van der Waals surface area contributed by atoms with Crippen molar-refractivity contribution < 1.29 is 14.3 Å². The van der Waals surface area contributed by atoms with Gasteiger partial charge in [-0.05, 0) is 31.5 Å². The van der Waals surface area contributed by atoms with Crippen molar-refractivity contribution in [3.8, 4) is 0 Å². The molecule has 120 valence electrons. The largest absolute Gasteiger partial charge is 0.378 e. The van der Waals surface area contributed by atoms with E-state index in [9.17, 15) is 9.59 Å². The van der Waals surface area contributed by atoms with Gasteiger partial charge in [0.25, 0.3) is 5.91 Å². The van der Waals surface area contributed by atoms with Crippen LogP contribution in [0.15, 0.2) is 24.3 Å². The number of ether oxygens (including phenoxy) is 1. The third-order valence-electron chi connectivity index (χ3n) is 4.25. The van der Waals surface area contributed by atoms with Crippen LogP contribution in [0.5, 0.6) is 0 Å². The number of benzene rings is 1. The number of carbonyl (C=O) groups is 2. The number of pyridine rings is 1. The van der Waals surface area contributed by atoms with E-state index in [1.54, 1.807) is 13.0 Å². The molecule has 1 unspecified atom stereocenters. The molecular formula is C17H19N3O3. The zero-order valence-electron chi connectivity index (χ0n) is 13.2. The summed E-state index contributed by atoms with van der Waals surface area (Å²) in [5.41, 5.74) is 7.32. The molecule has 1 fully saturated rings. The highest BCUT2D eigenvalue weighted by molar-refractivity contribution is 6.02. The SMILES string of the molecule is Cc1ccc2cc(C(=O)NC3(C(N)=O)CCOC3)c(C)nc2c1. The highest BCUT2D eigenvalue weighted by Crippen LogP contribution is 2.22. The van der Waals surface area contributed by atoms with Gasteiger partial charge in [0.1, 0.15) is 5.54 Å². The monoisotopic (exact) mass is 313 g/mol. The maximum Gasteiger partial charge on any atom is 0.254 e. The molecule has 0 radical (unpaired) electrons. The first kappa shape index (κ1) is 15.4. The van der Waals surface area contributed by atoms with Crippen molar-refractivity contribution in [1.82, 2.24) is 10.3 Å². The van der Waals surface area contributed by atoms with E-state index >= 15 is 0 Å². The maximum absolute atomic E-state index is 12.6. The van der Waals surface area contributed by atoms with E-state index in [0.717, 1.165) is 16.5 Å². The minimum atomic E-state index is -1.13. The zero-order chi connectivity index (χ0) is 16.6. The van der Waals surface area contributed by atoms with Crippen molar-refractivity contribution in [1.29, 1.82) is 0 Å². The van der Waals surface area contributed by atoms with Gasteiger partial charge in [0.05, 0.1) is 23.4 Å². The molecule has 1 aliphatic heterocycles. The third-order valence-corrected chi connectivity index (χ3v) is 4.25. The number of amides is 2. The molecule has 1 aromatic heterocycles. The van der Waals surface area contributed by atoms with Gasteiger partial charge < -0.3 is 15.8 Å². The van der Waals surface area contributed by atoms with E-state index in [0.29, 0.717) is 24.3 Å². The zero-order valence-corrected chi connectivity index (χ0v) is 13.2. The molecule has 1 aromatic carbocycles. The second-order valence-corrected chi connectivity index (χ2v) is 6.02. The van der Waals surface area contributed by atoms with Gasteiger partial charge in [-0.15, -0.1) is 0 Å². The van der Waals surface area contributed by atoms with Gasteiger partial charge in [-0.25, -0.2) is 0 Å². The summed E-state index contributed by atoms with van der Waals surface area (Å²) in [5.74, 6) is -0.938. The van der Waals surface area contributed by atoms with E-state index in [1.165, 1.54) is 0 Å². The number of aryl methyl sites for hydroxylation is 2. The van der Waals surface area contributed by atoms with E-state index < -0.39 is 11.4 Å². The van der Waals surface area contributed by atoms with Gasteiger partial charge >= 0.3 is 0 Å². The molecule has 6 heteroatoms. The van der Waals surface area contributed by atoms with Crippen LogP contribution in [0.3, 0.4) is 0 Å². The number of rotatable bonds is 3. The van der Waals surface area contributed by atoms with Crippen molar-refractivity contribution >= 4 is 22.7 Å². The molecule has 0 bridgehead atoms. The Morgan fingerprint density at radius 1 is 1.30 bits per heavy atom. The number of hydrogen-bond donors (Lipinski definition) is 2. The summed E-state index contributed by atoms with van der Waals surface area (Å²) >= 11 is 0. The molecular weight excluding hydrogens is 294 g/mol. The quantitative estimate of drug-likeness (QED) is 0.891. The fourth-order valence-corrected chi connectivity index (χ4v) is 2.81. The first-order valence-electron chi connectivity index (χ1n) is 7.49. The molecule has 1 atom stereocenters. The molecule has 2 heterocycles. The van der Waals surface area contributed by atoms with Gasteiger partial charge in [0, 0.05) is 18.4 Å². The molecule has 2 amide bonds. The first-order valence-corrected chi connectivity index (χ1v) is 7.49. The van der Waals surface area contributed by atoms with E-state index in [4.69, 9.17) is 10.5 Å². The van der Waals surface area contributed by atoms with Crippen LogP contribution in [0, 0.1) is 13.8 Å². The number of hydrogen-bond acceptors (Lipinski definition) is 4. The van der Waals surface area contributed by atoms with E-state index in [-0.39, 0.29) is 12.5 Å². The van der Waals surface area contributed by atoms with Crippen molar-refractivity contribution in [3.63, 3.8) is 0 Å². The van der Waals surface area contributed by atoms with Crippen LogP contribution in [0.25, 0.3) is 10.9 Å². The van der Waals surface area contributed by atoms with Gasteiger partial charge in [0.15, 0.2) is 0 Å². The van der Waals surface area contributed by atoms with Crippen molar-refractivity contribution in [2.24, 2.45) is 5.73 Å². The summed E-state index contributed by atoms with van der Waals surface area (Å²) in [4.78, 5) is 28.9. The minimum absolute atomic E-state index is 0.104. The Morgan fingerprint density at radius 3 is 2.74 bits per heavy atom. The summed E-state index contributed by atoms with van der Waals surface area (Å²) in [6, 6.07) is 7.66. The number of primary amides is 1. The lowest BCUT2D eigenvalue weighted by Gasteiger charge is -2.25. The van der Waals surface area contributed by atoms with Crippen molar-refractivity contribution in [3.05, 3.63) is 41.1 Å². The number of aromatic nitrogens is 1. The van der Waals surface area contributed by atoms with Gasteiger partial charge in [-0.1, -0.05) is 12.1 Å². The Morgan fingerprint density at radius 2 is 2.09 bits per heavy atom. The number of nitrogens with zero attached hydrogens (tertiary/aromatic N) is 1. The highest BCUT2D eigenvalue weighted by Gasteiger charge is 2.42. The lowest BCUT2D eigenvalue weighted by Crippen LogP contribution is -2.58. The molecule has 1 aliphatic rings. The Balaban J connectivity index is 1.96. The summed E-state index contributed by atoms with van der Waals surface area (Å²) in [7, 11) is 0. The predicted octanol–water partition coefficient (Wildman–Crippen LogP) is 1.23. The van der Waals surface area contributed by atoms with Crippen molar-refractivity contribution in [2.45, 2.75) is 25.8 Å². The molecule has 0 spiro atoms. The molecule has 6 nitrogen and oxygen atoms in total. The minimum Gasteiger partial charge on any atom is -0.378 e. The molecule has 0 saturated carbocycles. The number of nitrogens with one attached hydrogen (secondary N) is 1. The summed E-state index contributed by atoms with van der Waals surface area (Å²) in [6.45, 7) is 4.28. The number of carbonyl (C=O) groups excluding carboxylic acids is 2. The normalized spacial score (nSPS) is 20.6. The van der Waals surface area contributed by atoms with Crippen LogP contribution in [-0.2, 0) is 9.53 Å². The molecule has 0 aliphatic carbocycles. The third kappa shape index (κ3) is 2.77. The Labute approximate surface area is 134 Å². The Bertz CT molecular complexity index is 795. The average Bonchev–Trinajstić information content (AvgIpc) is 2.96.